The summed E-state index contributed by atoms with van der Waals surface area (Å²) in [6.07, 6.45) is 2.29. The van der Waals surface area contributed by atoms with Crippen LogP contribution >= 0.6 is 22.7 Å². The first kappa shape index (κ1) is 22.6. The molecule has 0 atom stereocenters. The molecule has 9 heteroatoms. The standard InChI is InChI=1S/C23H25FN4O2S2/c24-17-5-3-16(4-6-17)14-28-9-7-18(8-10-28)25-21(29)12-19-15-32-23(26-19)27-22(30)13-20-2-1-11-31-20/h1-6,11,15,18H,7-10,12-14H2,(H,25,29)(H,26,27,30). The number of rotatable bonds is 8. The number of carbonyl (C=O) groups excluding carboxylic acids is 2. The smallest absolute Gasteiger partial charge is 0.231 e. The molecule has 1 aliphatic heterocycles. The van der Waals surface area contributed by atoms with Crippen LogP contribution < -0.4 is 10.6 Å². The van der Waals surface area contributed by atoms with Gasteiger partial charge in [-0.2, -0.15) is 0 Å². The second-order valence-corrected chi connectivity index (χ2v) is 9.76. The molecule has 1 fully saturated rings. The van der Waals surface area contributed by atoms with Gasteiger partial charge in [0, 0.05) is 35.9 Å². The van der Waals surface area contributed by atoms with Crippen molar-refractivity contribution in [2.45, 2.75) is 38.3 Å². The monoisotopic (exact) mass is 472 g/mol. The van der Waals surface area contributed by atoms with Gasteiger partial charge in [-0.3, -0.25) is 14.5 Å². The highest BCUT2D eigenvalue weighted by Crippen LogP contribution is 2.18. The van der Waals surface area contributed by atoms with Gasteiger partial charge < -0.3 is 10.6 Å². The molecule has 4 rings (SSSR count). The van der Waals surface area contributed by atoms with Crippen LogP contribution in [-0.4, -0.2) is 40.8 Å². The fourth-order valence-corrected chi connectivity index (χ4v) is 5.14. The number of thiophene rings is 1. The van der Waals surface area contributed by atoms with Crippen molar-refractivity contribution in [3.8, 4) is 0 Å². The first-order valence-corrected chi connectivity index (χ1v) is 12.3. The molecular weight excluding hydrogens is 447 g/mol. The van der Waals surface area contributed by atoms with Crippen LogP contribution in [0, 0.1) is 5.82 Å². The number of benzene rings is 1. The maximum absolute atomic E-state index is 13.0. The minimum atomic E-state index is -0.219. The van der Waals surface area contributed by atoms with Crippen molar-refractivity contribution in [2.24, 2.45) is 0 Å². The molecule has 168 valence electrons. The molecule has 0 bridgehead atoms. The van der Waals surface area contributed by atoms with Gasteiger partial charge >= 0.3 is 0 Å². The van der Waals surface area contributed by atoms with E-state index in [2.05, 4.69) is 20.5 Å². The zero-order chi connectivity index (χ0) is 22.3. The van der Waals surface area contributed by atoms with E-state index in [0.717, 1.165) is 42.9 Å². The molecule has 2 N–H and O–H groups in total. The van der Waals surface area contributed by atoms with Crippen LogP contribution in [-0.2, 0) is 29.0 Å². The molecule has 1 saturated heterocycles. The summed E-state index contributed by atoms with van der Waals surface area (Å²) in [6.45, 7) is 2.57. The largest absolute Gasteiger partial charge is 0.353 e. The number of hydrogen-bond acceptors (Lipinski definition) is 6. The van der Waals surface area contributed by atoms with Crippen molar-refractivity contribution in [3.05, 3.63) is 69.1 Å². The minimum absolute atomic E-state index is 0.0521. The van der Waals surface area contributed by atoms with Gasteiger partial charge in [0.2, 0.25) is 11.8 Å². The lowest BCUT2D eigenvalue weighted by Crippen LogP contribution is -2.44. The second-order valence-electron chi connectivity index (χ2n) is 7.87. The lowest BCUT2D eigenvalue weighted by molar-refractivity contribution is -0.121. The van der Waals surface area contributed by atoms with Crippen molar-refractivity contribution in [3.63, 3.8) is 0 Å². The zero-order valence-corrected chi connectivity index (χ0v) is 19.2. The third-order valence-corrected chi connectivity index (χ3v) is 7.01. The fourth-order valence-electron chi connectivity index (χ4n) is 3.71. The molecule has 3 aromatic rings. The summed E-state index contributed by atoms with van der Waals surface area (Å²) in [5, 5.41) is 10.2. The van der Waals surface area contributed by atoms with Gasteiger partial charge in [0.15, 0.2) is 5.13 Å². The van der Waals surface area contributed by atoms with Crippen LogP contribution in [0.2, 0.25) is 0 Å². The van der Waals surface area contributed by atoms with Crippen molar-refractivity contribution in [1.82, 2.24) is 15.2 Å². The average Bonchev–Trinajstić information content (AvgIpc) is 3.43. The van der Waals surface area contributed by atoms with E-state index < -0.39 is 0 Å². The molecule has 0 aliphatic carbocycles. The second kappa shape index (κ2) is 10.8. The van der Waals surface area contributed by atoms with Crippen molar-refractivity contribution >= 4 is 39.6 Å². The molecule has 1 aliphatic rings. The highest BCUT2D eigenvalue weighted by atomic mass is 32.1. The van der Waals surface area contributed by atoms with Gasteiger partial charge in [-0.1, -0.05) is 18.2 Å². The van der Waals surface area contributed by atoms with Crippen LogP contribution in [0.4, 0.5) is 9.52 Å². The number of anilines is 1. The number of amides is 2. The minimum Gasteiger partial charge on any atom is -0.353 e. The van der Waals surface area contributed by atoms with Crippen molar-refractivity contribution < 1.29 is 14.0 Å². The van der Waals surface area contributed by atoms with E-state index >= 15 is 0 Å². The summed E-state index contributed by atoms with van der Waals surface area (Å²) >= 11 is 2.88. The van der Waals surface area contributed by atoms with E-state index in [1.54, 1.807) is 11.3 Å². The summed E-state index contributed by atoms with van der Waals surface area (Å²) in [7, 11) is 0. The van der Waals surface area contributed by atoms with Crippen molar-refractivity contribution in [1.29, 1.82) is 0 Å². The Balaban J connectivity index is 1.17. The Labute approximate surface area is 194 Å². The van der Waals surface area contributed by atoms with E-state index in [0.29, 0.717) is 17.2 Å². The Bertz CT molecular complexity index is 1030. The van der Waals surface area contributed by atoms with Gasteiger partial charge in [-0.15, -0.1) is 22.7 Å². The molecule has 32 heavy (non-hydrogen) atoms. The zero-order valence-electron chi connectivity index (χ0n) is 17.6. The van der Waals surface area contributed by atoms with Gasteiger partial charge in [0.05, 0.1) is 18.5 Å². The molecule has 0 saturated carbocycles. The average molecular weight is 473 g/mol. The highest BCUT2D eigenvalue weighted by Gasteiger charge is 2.21. The summed E-state index contributed by atoms with van der Waals surface area (Å²) in [5.41, 5.74) is 1.75. The summed E-state index contributed by atoms with van der Waals surface area (Å²) < 4.78 is 13.0. The molecule has 2 amide bonds. The number of carbonyl (C=O) groups is 2. The molecular formula is C23H25FN4O2S2. The van der Waals surface area contributed by atoms with E-state index in [4.69, 9.17) is 0 Å². The molecule has 3 heterocycles. The molecule has 1 aromatic carbocycles. The predicted molar refractivity (Wildman–Crippen MR) is 125 cm³/mol. The normalized spacial score (nSPS) is 14.9. The maximum Gasteiger partial charge on any atom is 0.231 e. The number of nitrogens with zero attached hydrogens (tertiary/aromatic N) is 2. The highest BCUT2D eigenvalue weighted by molar-refractivity contribution is 7.14. The molecule has 2 aromatic heterocycles. The summed E-state index contributed by atoms with van der Waals surface area (Å²) in [6, 6.07) is 10.6. The van der Waals surface area contributed by atoms with Crippen LogP contribution in [0.25, 0.3) is 0 Å². The molecule has 0 radical (unpaired) electrons. The number of likely N-dealkylation sites (tertiary alicyclic amines) is 1. The summed E-state index contributed by atoms with van der Waals surface area (Å²) in [4.78, 5) is 32.2. The number of piperidine rings is 1. The SMILES string of the molecule is O=C(Cc1cccs1)Nc1nc(CC(=O)NC2CCN(Cc3ccc(F)cc3)CC2)cs1. The van der Waals surface area contributed by atoms with E-state index in [9.17, 15) is 14.0 Å². The third-order valence-electron chi connectivity index (χ3n) is 5.33. The lowest BCUT2D eigenvalue weighted by Gasteiger charge is -2.32. The van der Waals surface area contributed by atoms with Crippen LogP contribution in [0.1, 0.15) is 29.0 Å². The number of thiazole rings is 1. The van der Waals surface area contributed by atoms with E-state index in [1.807, 2.05) is 35.0 Å². The number of aromatic nitrogens is 1. The van der Waals surface area contributed by atoms with E-state index in [1.165, 1.54) is 23.5 Å². The molecule has 0 unspecified atom stereocenters. The van der Waals surface area contributed by atoms with Crippen LogP contribution in [0.3, 0.4) is 0 Å². The van der Waals surface area contributed by atoms with Gasteiger partial charge in [-0.05, 0) is 42.0 Å². The maximum atomic E-state index is 13.0. The van der Waals surface area contributed by atoms with Gasteiger partial charge in [0.25, 0.3) is 0 Å². The number of nitrogens with one attached hydrogen (secondary N) is 2. The third kappa shape index (κ3) is 6.69. The van der Waals surface area contributed by atoms with Gasteiger partial charge in [-0.25, -0.2) is 9.37 Å². The first-order valence-electron chi connectivity index (χ1n) is 10.6. The topological polar surface area (TPSA) is 74.3 Å². The lowest BCUT2D eigenvalue weighted by atomic mass is 10.0. The van der Waals surface area contributed by atoms with Crippen LogP contribution in [0.5, 0.6) is 0 Å². The fraction of sp³-hybridized carbons (Fsp3) is 0.348. The first-order chi connectivity index (χ1) is 15.5. The van der Waals surface area contributed by atoms with E-state index in [-0.39, 0.29) is 30.1 Å². The Morgan fingerprint density at radius 1 is 1.06 bits per heavy atom. The molecule has 6 nitrogen and oxygen atoms in total. The Morgan fingerprint density at radius 2 is 1.84 bits per heavy atom. The Morgan fingerprint density at radius 3 is 2.56 bits per heavy atom. The molecule has 0 spiro atoms. The number of halogens is 1. The quantitative estimate of drug-likeness (QED) is 0.522. The number of hydrogen-bond donors (Lipinski definition) is 2. The predicted octanol–water partition coefficient (Wildman–Crippen LogP) is 3.85. The summed E-state index contributed by atoms with van der Waals surface area (Å²) in [5.74, 6) is -0.378. The van der Waals surface area contributed by atoms with Gasteiger partial charge in [0.1, 0.15) is 5.82 Å². The van der Waals surface area contributed by atoms with Crippen molar-refractivity contribution in [2.75, 3.05) is 18.4 Å². The Hall–Kier alpha value is -2.62. The Kier molecular flexibility index (Phi) is 7.62. The van der Waals surface area contributed by atoms with Crippen LogP contribution in [0.15, 0.2) is 47.2 Å².